The van der Waals surface area contributed by atoms with Gasteiger partial charge in [0.05, 0.1) is 11.1 Å². The number of hydrogen-bond acceptors (Lipinski definition) is 4. The molecule has 1 amide bonds. The Morgan fingerprint density at radius 1 is 1.53 bits per heavy atom. The first-order chi connectivity index (χ1) is 9.05. The molecule has 19 heavy (non-hydrogen) atoms. The van der Waals surface area contributed by atoms with Gasteiger partial charge in [-0.25, -0.2) is 4.98 Å². The summed E-state index contributed by atoms with van der Waals surface area (Å²) in [5, 5.41) is 5.86. The van der Waals surface area contributed by atoms with Crippen LogP contribution in [0.4, 0.5) is 0 Å². The highest BCUT2D eigenvalue weighted by molar-refractivity contribution is 9.10. The minimum absolute atomic E-state index is 0.145. The van der Waals surface area contributed by atoms with E-state index in [9.17, 15) is 4.79 Å². The first kappa shape index (κ1) is 14.1. The highest BCUT2D eigenvalue weighted by Crippen LogP contribution is 2.26. The Hall–Kier alpha value is -1.27. The maximum absolute atomic E-state index is 12.3. The first-order valence-corrected chi connectivity index (χ1v) is 7.55. The standard InChI is InChI=1S/C13H14BrN3OS/c1-3-13(2,12-16-4-5-19-12)17-11(18)9-6-10(14)8-15-7-9/h4-8H,3H2,1-2H3,(H,17,18)/t13-/m1/s1. The number of halogens is 1. The van der Waals surface area contributed by atoms with Crippen molar-refractivity contribution in [3.63, 3.8) is 0 Å². The maximum atomic E-state index is 12.3. The summed E-state index contributed by atoms with van der Waals surface area (Å²) >= 11 is 4.86. The van der Waals surface area contributed by atoms with Crippen molar-refractivity contribution in [1.29, 1.82) is 0 Å². The predicted octanol–water partition coefficient (Wildman–Crippen LogP) is 3.36. The molecule has 0 saturated heterocycles. The summed E-state index contributed by atoms with van der Waals surface area (Å²) in [4.78, 5) is 20.6. The molecule has 6 heteroatoms. The molecule has 0 aromatic carbocycles. The number of hydrogen-bond donors (Lipinski definition) is 1. The lowest BCUT2D eigenvalue weighted by Gasteiger charge is -2.27. The molecular formula is C13H14BrN3OS. The van der Waals surface area contributed by atoms with Crippen molar-refractivity contribution in [1.82, 2.24) is 15.3 Å². The summed E-state index contributed by atoms with van der Waals surface area (Å²) in [5.41, 5.74) is 0.0821. The fourth-order valence-electron chi connectivity index (χ4n) is 1.65. The Bertz CT molecular complexity index is 573. The Labute approximate surface area is 124 Å². The van der Waals surface area contributed by atoms with Gasteiger partial charge < -0.3 is 5.32 Å². The number of amides is 1. The van der Waals surface area contributed by atoms with Crippen LogP contribution in [0.5, 0.6) is 0 Å². The summed E-state index contributed by atoms with van der Waals surface area (Å²) < 4.78 is 0.785. The van der Waals surface area contributed by atoms with Gasteiger partial charge in [0.25, 0.3) is 5.91 Å². The van der Waals surface area contributed by atoms with E-state index in [1.54, 1.807) is 36.0 Å². The van der Waals surface area contributed by atoms with Crippen molar-refractivity contribution >= 4 is 33.2 Å². The number of aromatic nitrogens is 2. The van der Waals surface area contributed by atoms with E-state index in [4.69, 9.17) is 0 Å². The normalized spacial score (nSPS) is 13.8. The van der Waals surface area contributed by atoms with E-state index in [2.05, 4.69) is 31.2 Å². The Balaban J connectivity index is 2.22. The van der Waals surface area contributed by atoms with Crippen LogP contribution < -0.4 is 5.32 Å². The number of nitrogens with zero attached hydrogens (tertiary/aromatic N) is 2. The highest BCUT2D eigenvalue weighted by Gasteiger charge is 2.29. The molecule has 2 heterocycles. The SMILES string of the molecule is CC[C@@](C)(NC(=O)c1cncc(Br)c1)c1nccs1. The monoisotopic (exact) mass is 339 g/mol. The second-order valence-electron chi connectivity index (χ2n) is 4.37. The summed E-state index contributed by atoms with van der Waals surface area (Å²) in [6.07, 6.45) is 5.73. The van der Waals surface area contributed by atoms with Gasteiger partial charge in [-0.2, -0.15) is 0 Å². The van der Waals surface area contributed by atoms with E-state index in [1.165, 1.54) is 0 Å². The molecule has 2 aromatic heterocycles. The third-order valence-corrected chi connectivity index (χ3v) is 4.44. The summed E-state index contributed by atoms with van der Waals surface area (Å²) in [5.74, 6) is -0.145. The van der Waals surface area contributed by atoms with Crippen LogP contribution in [0.25, 0.3) is 0 Å². The van der Waals surface area contributed by atoms with Crippen molar-refractivity contribution in [2.45, 2.75) is 25.8 Å². The molecule has 0 saturated carbocycles. The van der Waals surface area contributed by atoms with Gasteiger partial charge in [-0.05, 0) is 35.3 Å². The Morgan fingerprint density at radius 2 is 2.32 bits per heavy atom. The van der Waals surface area contributed by atoms with Crippen molar-refractivity contribution in [2.24, 2.45) is 0 Å². The van der Waals surface area contributed by atoms with Crippen molar-refractivity contribution in [3.05, 3.63) is 45.1 Å². The van der Waals surface area contributed by atoms with E-state index < -0.39 is 5.54 Å². The molecule has 0 aliphatic carbocycles. The fourth-order valence-corrected chi connectivity index (χ4v) is 2.84. The summed E-state index contributed by atoms with van der Waals surface area (Å²) in [6, 6.07) is 1.75. The smallest absolute Gasteiger partial charge is 0.253 e. The number of carbonyl (C=O) groups excluding carboxylic acids is 1. The molecule has 1 atom stereocenters. The van der Waals surface area contributed by atoms with Gasteiger partial charge in [0.15, 0.2) is 0 Å². The average molecular weight is 340 g/mol. The van der Waals surface area contributed by atoms with Crippen LogP contribution in [-0.2, 0) is 5.54 Å². The zero-order valence-corrected chi connectivity index (χ0v) is 13.1. The third-order valence-electron chi connectivity index (χ3n) is 2.97. The minimum atomic E-state index is -0.451. The molecule has 0 radical (unpaired) electrons. The topological polar surface area (TPSA) is 54.9 Å². The van der Waals surface area contributed by atoms with Gasteiger partial charge in [0, 0.05) is 28.4 Å². The predicted molar refractivity (Wildman–Crippen MR) is 79.2 cm³/mol. The van der Waals surface area contributed by atoms with Crippen LogP contribution in [0, 0.1) is 0 Å². The van der Waals surface area contributed by atoms with Crippen LogP contribution in [0.3, 0.4) is 0 Å². The number of pyridine rings is 1. The summed E-state index contributed by atoms with van der Waals surface area (Å²) in [7, 11) is 0. The molecule has 1 N–H and O–H groups in total. The molecule has 100 valence electrons. The number of thiazole rings is 1. The molecule has 4 nitrogen and oxygen atoms in total. The van der Waals surface area contributed by atoms with Gasteiger partial charge in [0.1, 0.15) is 5.01 Å². The average Bonchev–Trinajstić information content (AvgIpc) is 2.93. The van der Waals surface area contributed by atoms with Gasteiger partial charge in [-0.1, -0.05) is 6.92 Å². The van der Waals surface area contributed by atoms with E-state index in [0.29, 0.717) is 5.56 Å². The van der Waals surface area contributed by atoms with Gasteiger partial charge in [-0.3, -0.25) is 9.78 Å². The van der Waals surface area contributed by atoms with Crippen LogP contribution in [-0.4, -0.2) is 15.9 Å². The lowest BCUT2D eigenvalue weighted by atomic mass is 9.99. The molecule has 0 fully saturated rings. The van der Waals surface area contributed by atoms with Gasteiger partial charge >= 0.3 is 0 Å². The van der Waals surface area contributed by atoms with E-state index >= 15 is 0 Å². The number of nitrogens with one attached hydrogen (secondary N) is 1. The molecule has 0 bridgehead atoms. The Kier molecular flexibility index (Phi) is 4.31. The number of carbonyl (C=O) groups is 1. The van der Waals surface area contributed by atoms with Gasteiger partial charge in [0.2, 0.25) is 0 Å². The lowest BCUT2D eigenvalue weighted by molar-refractivity contribution is 0.0901. The second kappa shape index (κ2) is 5.79. The van der Waals surface area contributed by atoms with E-state index in [-0.39, 0.29) is 5.91 Å². The molecule has 0 unspecified atom stereocenters. The van der Waals surface area contributed by atoms with Crippen LogP contribution in [0.1, 0.15) is 35.6 Å². The largest absolute Gasteiger partial charge is 0.340 e. The minimum Gasteiger partial charge on any atom is -0.340 e. The van der Waals surface area contributed by atoms with Crippen molar-refractivity contribution in [3.8, 4) is 0 Å². The quantitative estimate of drug-likeness (QED) is 0.929. The van der Waals surface area contributed by atoms with Gasteiger partial charge in [-0.15, -0.1) is 11.3 Å². The zero-order valence-electron chi connectivity index (χ0n) is 10.7. The molecule has 0 aliphatic rings. The molecular weight excluding hydrogens is 326 g/mol. The van der Waals surface area contributed by atoms with E-state index in [0.717, 1.165) is 15.9 Å². The zero-order chi connectivity index (χ0) is 13.9. The maximum Gasteiger partial charge on any atom is 0.253 e. The molecule has 0 spiro atoms. The highest BCUT2D eigenvalue weighted by atomic mass is 79.9. The van der Waals surface area contributed by atoms with Crippen LogP contribution >= 0.6 is 27.3 Å². The Morgan fingerprint density at radius 3 is 2.89 bits per heavy atom. The second-order valence-corrected chi connectivity index (χ2v) is 6.18. The lowest BCUT2D eigenvalue weighted by Crippen LogP contribution is -2.43. The molecule has 0 aliphatic heterocycles. The van der Waals surface area contributed by atoms with Crippen LogP contribution in [0.2, 0.25) is 0 Å². The first-order valence-electron chi connectivity index (χ1n) is 5.88. The molecule has 2 rings (SSSR count). The fraction of sp³-hybridized carbons (Fsp3) is 0.308. The van der Waals surface area contributed by atoms with Crippen molar-refractivity contribution < 1.29 is 4.79 Å². The number of rotatable bonds is 4. The summed E-state index contributed by atoms with van der Waals surface area (Å²) in [6.45, 7) is 4.01. The van der Waals surface area contributed by atoms with Crippen molar-refractivity contribution in [2.75, 3.05) is 0 Å². The molecule has 2 aromatic rings. The third kappa shape index (κ3) is 3.19. The van der Waals surface area contributed by atoms with Crippen LogP contribution in [0.15, 0.2) is 34.5 Å². The van der Waals surface area contributed by atoms with E-state index in [1.807, 2.05) is 19.2 Å².